The number of hydrogen-bond acceptors (Lipinski definition) is 9. The van der Waals surface area contributed by atoms with Crippen LogP contribution in [-0.2, 0) is 45.5 Å². The Labute approximate surface area is 200 Å². The Morgan fingerprint density at radius 2 is 1.79 bits per heavy atom. The van der Waals surface area contributed by atoms with Crippen molar-refractivity contribution in [1.82, 2.24) is 4.98 Å². The summed E-state index contributed by atoms with van der Waals surface area (Å²) in [6.45, 7) is 3.24. The van der Waals surface area contributed by atoms with Gasteiger partial charge in [-0.1, -0.05) is 0 Å². The minimum Gasteiger partial charge on any atom is -0.395 e. The smallest absolute Gasteiger partial charge is 0.211 e. The predicted octanol–water partition coefficient (Wildman–Crippen LogP) is -0.475. The van der Waals surface area contributed by atoms with Gasteiger partial charge >= 0.3 is 0 Å². The molecule has 0 aliphatic heterocycles. The van der Waals surface area contributed by atoms with E-state index in [9.17, 15) is 29.4 Å². The summed E-state index contributed by atoms with van der Waals surface area (Å²) in [5.74, 6) is -1.93. The molecule has 1 aromatic heterocycles. The van der Waals surface area contributed by atoms with Crippen molar-refractivity contribution in [1.29, 1.82) is 0 Å². The lowest BCUT2D eigenvalue weighted by Crippen LogP contribution is -2.25. The van der Waals surface area contributed by atoms with Crippen LogP contribution in [0, 0.1) is 0 Å². The maximum Gasteiger partial charge on any atom is 0.211 e. The van der Waals surface area contributed by atoms with E-state index < -0.39 is 27.9 Å². The Morgan fingerprint density at radius 3 is 2.27 bits per heavy atom. The Kier molecular flexibility index (Phi) is 8.58. The number of carbonyl (C=O) groups is 1. The molecule has 2 radical (unpaired) electrons. The first-order valence-corrected chi connectivity index (χ1v) is 12.1. The van der Waals surface area contributed by atoms with Crippen LogP contribution in [0.4, 0.5) is 5.69 Å². The molecule has 9 N–H and O–H groups in total. The Hall–Kier alpha value is -1.71. The molecule has 2 atom stereocenters. The topological polar surface area (TPSA) is 192 Å². The number of fused-ring (bicyclic) bond motifs is 2. The Bertz CT molecular complexity index is 994. The molecule has 4 rings (SSSR count). The Balaban J connectivity index is 0.000000238. The quantitative estimate of drug-likeness (QED) is 0.168. The fourth-order valence-corrected chi connectivity index (χ4v) is 5.16. The van der Waals surface area contributed by atoms with Crippen LogP contribution in [0.15, 0.2) is 16.5 Å². The maximum atomic E-state index is 10.8. The fourth-order valence-electron chi connectivity index (χ4n) is 3.79. The van der Waals surface area contributed by atoms with Gasteiger partial charge in [-0.25, -0.2) is 14.3 Å². The number of nitrogens with zero attached hydrogens (tertiary/aromatic N) is 1. The first kappa shape index (κ1) is 27.5. The highest BCUT2D eigenvalue weighted by Gasteiger charge is 2.42. The molecular weight excluding hydrogens is 467 g/mol. The SMILES string of the molecule is CC(C)(O)c1ncc(S(N)=O)s1.CN.[B]C1(O)CCc2c1cc1c(c2NC=O)CCC1(O)O. The van der Waals surface area contributed by atoms with E-state index in [1.165, 1.54) is 13.2 Å². The van der Waals surface area contributed by atoms with Gasteiger partial charge in [-0.2, -0.15) is 0 Å². The zero-order chi connectivity index (χ0) is 25.2. The van der Waals surface area contributed by atoms with E-state index in [2.05, 4.69) is 16.0 Å². The maximum absolute atomic E-state index is 10.8. The standard InChI is InChI=1S/C13H14BNO4.C6H10N2O2S2.CH5N/c14-12(17)3-1-7-9(12)5-10-8(11(7)15-6-16)2-4-13(10,18)19;1-6(2,9)5-8-3-4(11-5)12(7)10;1-2/h5-6,17-19H,1-4H2,(H,15,16);3,9H,7H2,1-2H3;2H2,1H3. The molecule has 0 saturated heterocycles. The molecule has 1 aromatic carbocycles. The Morgan fingerprint density at radius 1 is 1.21 bits per heavy atom. The van der Waals surface area contributed by atoms with Crippen LogP contribution in [0.3, 0.4) is 0 Å². The van der Waals surface area contributed by atoms with E-state index in [0.29, 0.717) is 57.3 Å². The molecule has 13 heteroatoms. The van der Waals surface area contributed by atoms with Gasteiger partial charge in [-0.15, -0.1) is 11.3 Å². The van der Waals surface area contributed by atoms with Crippen molar-refractivity contribution in [2.45, 2.75) is 60.6 Å². The number of aromatic nitrogens is 1. The molecule has 0 fully saturated rings. The van der Waals surface area contributed by atoms with Crippen molar-refractivity contribution in [2.24, 2.45) is 10.9 Å². The molecule has 10 nitrogen and oxygen atoms in total. The molecule has 1 heterocycles. The van der Waals surface area contributed by atoms with Gasteiger partial charge in [0.25, 0.3) is 0 Å². The van der Waals surface area contributed by atoms with Crippen LogP contribution in [0.2, 0.25) is 0 Å². The summed E-state index contributed by atoms with van der Waals surface area (Å²) in [6.07, 6.45) is 3.52. The first-order chi connectivity index (χ1) is 15.3. The molecular formula is C20H29BN4O6S2. The number of thiazole rings is 1. The summed E-state index contributed by atoms with van der Waals surface area (Å²) in [5, 5.41) is 47.8. The van der Waals surface area contributed by atoms with E-state index in [0.717, 1.165) is 16.9 Å². The number of rotatable bonds is 4. The van der Waals surface area contributed by atoms with Crippen LogP contribution in [0.25, 0.3) is 0 Å². The molecule has 180 valence electrons. The van der Waals surface area contributed by atoms with Crippen molar-refractivity contribution in [3.8, 4) is 0 Å². The van der Waals surface area contributed by atoms with Crippen LogP contribution >= 0.6 is 11.3 Å². The number of anilines is 1. The molecule has 33 heavy (non-hydrogen) atoms. The number of nitrogens with one attached hydrogen (secondary N) is 1. The monoisotopic (exact) mass is 496 g/mol. The van der Waals surface area contributed by atoms with Crippen LogP contribution in [0.5, 0.6) is 0 Å². The third kappa shape index (κ3) is 5.87. The van der Waals surface area contributed by atoms with Crippen molar-refractivity contribution < 1.29 is 29.4 Å². The highest BCUT2D eigenvalue weighted by Crippen LogP contribution is 2.47. The lowest BCUT2D eigenvalue weighted by molar-refractivity contribution is -0.166. The summed E-state index contributed by atoms with van der Waals surface area (Å²) in [6, 6.07) is 1.56. The van der Waals surface area contributed by atoms with Crippen molar-refractivity contribution in [3.63, 3.8) is 0 Å². The minimum atomic E-state index is -1.93. The van der Waals surface area contributed by atoms with Crippen LogP contribution in [-0.4, -0.2) is 50.9 Å². The molecule has 2 aromatic rings. The third-order valence-electron chi connectivity index (χ3n) is 5.33. The number of carbonyl (C=O) groups excluding carboxylic acids is 1. The molecule has 2 aliphatic carbocycles. The normalized spacial score (nSPS) is 21.0. The van der Waals surface area contributed by atoms with E-state index in [1.807, 2.05) is 0 Å². The third-order valence-corrected chi connectivity index (χ3v) is 7.68. The zero-order valence-corrected chi connectivity index (χ0v) is 20.3. The van der Waals surface area contributed by atoms with Gasteiger partial charge in [0.15, 0.2) is 5.79 Å². The molecule has 0 bridgehead atoms. The summed E-state index contributed by atoms with van der Waals surface area (Å²) in [4.78, 5) is 14.7. The first-order valence-electron chi connectivity index (χ1n) is 10.1. The van der Waals surface area contributed by atoms with Gasteiger partial charge in [0.05, 0.1) is 6.20 Å². The average Bonchev–Trinajstić information content (AvgIpc) is 3.41. The van der Waals surface area contributed by atoms with Gasteiger partial charge in [-0.05, 0) is 62.9 Å². The summed E-state index contributed by atoms with van der Waals surface area (Å²) in [7, 11) is 5.82. The van der Waals surface area contributed by atoms with Gasteiger partial charge in [0.1, 0.15) is 33.6 Å². The van der Waals surface area contributed by atoms with Gasteiger partial charge < -0.3 is 31.5 Å². The van der Waals surface area contributed by atoms with Crippen molar-refractivity contribution in [2.75, 3.05) is 12.4 Å². The van der Waals surface area contributed by atoms with E-state index in [4.69, 9.17) is 13.0 Å². The largest absolute Gasteiger partial charge is 0.395 e. The van der Waals surface area contributed by atoms with Gasteiger partial charge in [0, 0.05) is 23.2 Å². The number of amides is 1. The second-order valence-electron chi connectivity index (χ2n) is 8.15. The number of aliphatic hydroxyl groups is 4. The lowest BCUT2D eigenvalue weighted by atomic mass is 9.76. The molecule has 1 amide bonds. The van der Waals surface area contributed by atoms with Gasteiger partial charge in [-0.3, -0.25) is 4.79 Å². The second kappa shape index (κ2) is 10.3. The van der Waals surface area contributed by atoms with Crippen molar-refractivity contribution >= 4 is 42.3 Å². The van der Waals surface area contributed by atoms with Gasteiger partial charge in [0.2, 0.25) is 6.41 Å². The van der Waals surface area contributed by atoms with E-state index in [-0.39, 0.29) is 6.42 Å². The zero-order valence-electron chi connectivity index (χ0n) is 18.7. The molecule has 0 saturated carbocycles. The van der Waals surface area contributed by atoms with E-state index in [1.54, 1.807) is 19.9 Å². The summed E-state index contributed by atoms with van der Waals surface area (Å²) >= 11 is 1.16. The number of nitrogens with two attached hydrogens (primary N) is 2. The lowest BCUT2D eigenvalue weighted by Gasteiger charge is -2.23. The van der Waals surface area contributed by atoms with Crippen LogP contribution < -0.4 is 16.2 Å². The predicted molar refractivity (Wildman–Crippen MR) is 127 cm³/mol. The highest BCUT2D eigenvalue weighted by atomic mass is 32.2. The fraction of sp³-hybridized carbons (Fsp3) is 0.500. The number of benzene rings is 1. The molecule has 2 unspecified atom stereocenters. The van der Waals surface area contributed by atoms with E-state index >= 15 is 0 Å². The van der Waals surface area contributed by atoms with Crippen LogP contribution in [0.1, 0.15) is 54.0 Å². The summed E-state index contributed by atoms with van der Waals surface area (Å²) < 4.78 is 11.2. The number of hydrogen-bond donors (Lipinski definition) is 7. The summed E-state index contributed by atoms with van der Waals surface area (Å²) in [5.41, 5.74) is 4.88. The second-order valence-corrected chi connectivity index (χ2v) is 10.5. The minimum absolute atomic E-state index is 0.168. The highest BCUT2D eigenvalue weighted by molar-refractivity contribution is 7.85. The molecule has 2 aliphatic rings. The molecule has 0 spiro atoms. The van der Waals surface area contributed by atoms with Crippen molar-refractivity contribution in [3.05, 3.63) is 39.5 Å². The average molecular weight is 496 g/mol.